The van der Waals surface area contributed by atoms with Crippen molar-refractivity contribution in [1.82, 2.24) is 9.55 Å². The van der Waals surface area contributed by atoms with E-state index in [1.54, 1.807) is 0 Å². The summed E-state index contributed by atoms with van der Waals surface area (Å²) in [6, 6.07) is 0.422. The van der Waals surface area contributed by atoms with Crippen LogP contribution in [0, 0.1) is 6.92 Å². The Morgan fingerprint density at radius 2 is 2.50 bits per heavy atom. The second kappa shape index (κ2) is 5.34. The van der Waals surface area contributed by atoms with Gasteiger partial charge in [0.2, 0.25) is 5.95 Å². The van der Waals surface area contributed by atoms with Gasteiger partial charge in [-0.3, -0.25) is 0 Å². The Balaban J connectivity index is 2.01. The van der Waals surface area contributed by atoms with E-state index in [9.17, 15) is 0 Å². The van der Waals surface area contributed by atoms with Crippen LogP contribution in [0.25, 0.3) is 0 Å². The van der Waals surface area contributed by atoms with Crippen molar-refractivity contribution in [3.05, 3.63) is 11.9 Å². The van der Waals surface area contributed by atoms with Crippen LogP contribution in [0.3, 0.4) is 0 Å². The van der Waals surface area contributed by atoms with Crippen LogP contribution in [0.1, 0.15) is 31.9 Å². The molecule has 90 valence electrons. The van der Waals surface area contributed by atoms with Gasteiger partial charge < -0.3 is 14.6 Å². The maximum absolute atomic E-state index is 5.46. The summed E-state index contributed by atoms with van der Waals surface area (Å²) in [5.41, 5.74) is 1.08. The fourth-order valence-electron chi connectivity index (χ4n) is 2.11. The molecule has 0 radical (unpaired) electrons. The number of nitrogens with one attached hydrogen (secondary N) is 1. The fourth-order valence-corrected chi connectivity index (χ4v) is 2.11. The Labute approximate surface area is 97.0 Å². The average molecular weight is 223 g/mol. The van der Waals surface area contributed by atoms with Gasteiger partial charge in [-0.15, -0.1) is 0 Å². The molecule has 0 aliphatic carbocycles. The standard InChI is InChI=1S/C12H21N3O/c1-3-6-15-8-10(2)13-12(15)14-11-5-4-7-16-9-11/h8,11H,3-7,9H2,1-2H3,(H,13,14). The molecule has 1 aliphatic rings. The number of nitrogens with zero attached hydrogens (tertiary/aromatic N) is 2. The van der Waals surface area contributed by atoms with Gasteiger partial charge >= 0.3 is 0 Å². The summed E-state index contributed by atoms with van der Waals surface area (Å²) in [6.07, 6.45) is 5.56. The molecule has 4 nitrogen and oxygen atoms in total. The van der Waals surface area contributed by atoms with Crippen LogP contribution in [-0.4, -0.2) is 28.8 Å². The molecule has 1 saturated heterocycles. The summed E-state index contributed by atoms with van der Waals surface area (Å²) in [4.78, 5) is 4.52. The van der Waals surface area contributed by atoms with E-state index < -0.39 is 0 Å². The highest BCUT2D eigenvalue weighted by Gasteiger charge is 2.15. The van der Waals surface area contributed by atoms with Crippen LogP contribution in [-0.2, 0) is 11.3 Å². The summed E-state index contributed by atoms with van der Waals surface area (Å²) >= 11 is 0. The van der Waals surface area contributed by atoms with Crippen LogP contribution in [0.15, 0.2) is 6.20 Å². The average Bonchev–Trinajstić information content (AvgIpc) is 2.61. The summed E-state index contributed by atoms with van der Waals surface area (Å²) in [5.74, 6) is 0.995. The van der Waals surface area contributed by atoms with Gasteiger partial charge in [-0.25, -0.2) is 4.98 Å². The Bertz CT molecular complexity index is 329. The molecule has 4 heteroatoms. The second-order valence-corrected chi connectivity index (χ2v) is 4.46. The largest absolute Gasteiger partial charge is 0.379 e. The van der Waals surface area contributed by atoms with E-state index in [1.807, 2.05) is 6.92 Å². The summed E-state index contributed by atoms with van der Waals surface area (Å²) in [6.45, 7) is 6.95. The van der Waals surface area contributed by atoms with Crippen molar-refractivity contribution in [2.75, 3.05) is 18.5 Å². The SMILES string of the molecule is CCCn1cc(C)nc1NC1CCCOC1. The van der Waals surface area contributed by atoms with Gasteiger partial charge in [0.25, 0.3) is 0 Å². The lowest BCUT2D eigenvalue weighted by atomic mass is 10.1. The molecular weight excluding hydrogens is 202 g/mol. The van der Waals surface area contributed by atoms with Gasteiger partial charge in [-0.2, -0.15) is 0 Å². The molecule has 0 aromatic carbocycles. The van der Waals surface area contributed by atoms with Crippen molar-refractivity contribution in [3.8, 4) is 0 Å². The lowest BCUT2D eigenvalue weighted by Crippen LogP contribution is -2.31. The Kier molecular flexibility index (Phi) is 3.83. The molecular formula is C12H21N3O. The molecule has 2 heterocycles. The molecule has 1 aromatic rings. The number of ether oxygens (including phenoxy) is 1. The van der Waals surface area contributed by atoms with Crippen LogP contribution < -0.4 is 5.32 Å². The van der Waals surface area contributed by atoms with Crippen molar-refractivity contribution in [1.29, 1.82) is 0 Å². The molecule has 0 bridgehead atoms. The first-order valence-corrected chi connectivity index (χ1v) is 6.17. The minimum absolute atomic E-state index is 0.422. The van der Waals surface area contributed by atoms with Gasteiger partial charge in [0.15, 0.2) is 0 Å². The Morgan fingerprint density at radius 3 is 3.19 bits per heavy atom. The second-order valence-electron chi connectivity index (χ2n) is 4.46. The highest BCUT2D eigenvalue weighted by atomic mass is 16.5. The van der Waals surface area contributed by atoms with E-state index >= 15 is 0 Å². The molecule has 1 fully saturated rings. The minimum atomic E-state index is 0.422. The maximum Gasteiger partial charge on any atom is 0.203 e. The van der Waals surface area contributed by atoms with Gasteiger partial charge in [0.1, 0.15) is 0 Å². The number of imidazole rings is 1. The van der Waals surface area contributed by atoms with Crippen molar-refractivity contribution in [3.63, 3.8) is 0 Å². The number of rotatable bonds is 4. The molecule has 0 spiro atoms. The number of hydrogen-bond acceptors (Lipinski definition) is 3. The number of aryl methyl sites for hydroxylation is 2. The maximum atomic E-state index is 5.46. The summed E-state index contributed by atoms with van der Waals surface area (Å²) in [7, 11) is 0. The molecule has 0 amide bonds. The van der Waals surface area contributed by atoms with E-state index in [-0.39, 0.29) is 0 Å². The van der Waals surface area contributed by atoms with Gasteiger partial charge in [-0.05, 0) is 26.2 Å². The summed E-state index contributed by atoms with van der Waals surface area (Å²) in [5, 5.41) is 3.48. The molecule has 2 rings (SSSR count). The van der Waals surface area contributed by atoms with Crippen LogP contribution in [0.5, 0.6) is 0 Å². The molecule has 0 saturated carbocycles. The van der Waals surface area contributed by atoms with Gasteiger partial charge in [-0.1, -0.05) is 6.92 Å². The third-order valence-corrected chi connectivity index (χ3v) is 2.86. The molecule has 1 aromatic heterocycles. The van der Waals surface area contributed by atoms with Crippen molar-refractivity contribution in [2.24, 2.45) is 0 Å². The van der Waals surface area contributed by atoms with E-state index in [1.165, 1.54) is 6.42 Å². The highest BCUT2D eigenvalue weighted by Crippen LogP contribution is 2.15. The van der Waals surface area contributed by atoms with E-state index in [0.29, 0.717) is 6.04 Å². The monoisotopic (exact) mass is 223 g/mol. The van der Waals surface area contributed by atoms with Crippen LogP contribution in [0.4, 0.5) is 5.95 Å². The minimum Gasteiger partial charge on any atom is -0.379 e. The van der Waals surface area contributed by atoms with Gasteiger partial charge in [0.05, 0.1) is 18.3 Å². The fraction of sp³-hybridized carbons (Fsp3) is 0.750. The smallest absolute Gasteiger partial charge is 0.203 e. The third kappa shape index (κ3) is 2.76. The normalized spacial score (nSPS) is 21.0. The van der Waals surface area contributed by atoms with Crippen LogP contribution in [0.2, 0.25) is 0 Å². The van der Waals surface area contributed by atoms with Gasteiger partial charge in [0, 0.05) is 19.3 Å². The first kappa shape index (κ1) is 11.5. The van der Waals surface area contributed by atoms with Crippen molar-refractivity contribution in [2.45, 2.75) is 45.7 Å². The Morgan fingerprint density at radius 1 is 1.62 bits per heavy atom. The number of aromatic nitrogens is 2. The molecule has 1 aliphatic heterocycles. The Hall–Kier alpha value is -1.03. The first-order valence-electron chi connectivity index (χ1n) is 6.17. The molecule has 1 atom stereocenters. The zero-order chi connectivity index (χ0) is 11.4. The zero-order valence-electron chi connectivity index (χ0n) is 10.2. The quantitative estimate of drug-likeness (QED) is 0.850. The third-order valence-electron chi connectivity index (χ3n) is 2.86. The molecule has 1 unspecified atom stereocenters. The first-order chi connectivity index (χ1) is 7.79. The predicted molar refractivity (Wildman–Crippen MR) is 64.7 cm³/mol. The molecule has 1 N–H and O–H groups in total. The summed E-state index contributed by atoms with van der Waals surface area (Å²) < 4.78 is 7.66. The zero-order valence-corrected chi connectivity index (χ0v) is 10.2. The van der Waals surface area contributed by atoms with Crippen molar-refractivity contribution >= 4 is 5.95 Å². The number of anilines is 1. The van der Waals surface area contributed by atoms with Crippen molar-refractivity contribution < 1.29 is 4.74 Å². The van der Waals surface area contributed by atoms with Crippen LogP contribution >= 0.6 is 0 Å². The van der Waals surface area contributed by atoms with E-state index in [0.717, 1.165) is 44.2 Å². The number of hydrogen-bond donors (Lipinski definition) is 1. The predicted octanol–water partition coefficient (Wildman–Crippen LogP) is 2.19. The topological polar surface area (TPSA) is 39.1 Å². The highest BCUT2D eigenvalue weighted by molar-refractivity contribution is 5.30. The van der Waals surface area contributed by atoms with E-state index in [2.05, 4.69) is 28.0 Å². The van der Waals surface area contributed by atoms with E-state index in [4.69, 9.17) is 4.74 Å². The molecule has 16 heavy (non-hydrogen) atoms. The lowest BCUT2D eigenvalue weighted by molar-refractivity contribution is 0.0873. The lowest BCUT2D eigenvalue weighted by Gasteiger charge is -2.23.